The molecule has 152 valence electrons. The van der Waals surface area contributed by atoms with E-state index < -0.39 is 0 Å². The number of thioether (sulfide) groups is 1. The Morgan fingerprint density at radius 3 is 2.36 bits per heavy atom. The first kappa shape index (κ1) is 22.0. The van der Waals surface area contributed by atoms with Gasteiger partial charge in [-0.25, -0.2) is 0 Å². The van der Waals surface area contributed by atoms with Crippen molar-refractivity contribution in [3.05, 3.63) is 63.6 Å². The highest BCUT2D eigenvalue weighted by Gasteiger charge is 2.22. The molecule has 0 spiro atoms. The Balaban J connectivity index is 1.44. The number of benzene rings is 2. The number of aryl methyl sites for hydroxylation is 1. The summed E-state index contributed by atoms with van der Waals surface area (Å²) in [5.41, 5.74) is 4.29. The average molecular weight is 460 g/mol. The van der Waals surface area contributed by atoms with E-state index in [4.69, 9.17) is 0 Å². The second-order valence-electron chi connectivity index (χ2n) is 8.53. The van der Waals surface area contributed by atoms with E-state index >= 15 is 0 Å². The first-order valence-corrected chi connectivity index (χ1v) is 12.9. The summed E-state index contributed by atoms with van der Waals surface area (Å²) < 4.78 is 1.21. The van der Waals surface area contributed by atoms with Crippen molar-refractivity contribution < 1.29 is 0 Å². The van der Waals surface area contributed by atoms with Crippen molar-refractivity contribution in [3.63, 3.8) is 0 Å². The molecule has 1 saturated carbocycles. The van der Waals surface area contributed by atoms with E-state index in [9.17, 15) is 0 Å². The van der Waals surface area contributed by atoms with Gasteiger partial charge in [0, 0.05) is 15.1 Å². The van der Waals surface area contributed by atoms with Crippen LogP contribution in [0.15, 0.2) is 51.8 Å². The molecule has 0 radical (unpaired) electrons. The maximum absolute atomic E-state index is 3.69. The second kappa shape index (κ2) is 11.5. The van der Waals surface area contributed by atoms with Crippen molar-refractivity contribution in [2.24, 2.45) is 5.92 Å². The molecule has 2 heteroatoms. The largest absolute Gasteiger partial charge is 0.120 e. The van der Waals surface area contributed by atoms with E-state index in [-0.39, 0.29) is 0 Å². The summed E-state index contributed by atoms with van der Waals surface area (Å²) in [4.78, 5) is 1.33. The first-order chi connectivity index (χ1) is 13.7. The predicted molar refractivity (Wildman–Crippen MR) is 128 cm³/mol. The van der Waals surface area contributed by atoms with Gasteiger partial charge in [0.1, 0.15) is 0 Å². The molecule has 0 aliphatic heterocycles. The summed E-state index contributed by atoms with van der Waals surface area (Å²) in [7, 11) is 0. The highest BCUT2D eigenvalue weighted by molar-refractivity contribution is 9.10. The van der Waals surface area contributed by atoms with E-state index in [0.717, 1.165) is 17.6 Å². The highest BCUT2D eigenvalue weighted by atomic mass is 79.9. The van der Waals surface area contributed by atoms with Crippen LogP contribution in [0.1, 0.15) is 87.3 Å². The average Bonchev–Trinajstić information content (AvgIpc) is 2.72. The summed E-state index contributed by atoms with van der Waals surface area (Å²) in [5, 5.41) is 0. The molecule has 0 unspecified atom stereocenters. The fourth-order valence-corrected chi connectivity index (χ4v) is 6.13. The lowest BCUT2D eigenvalue weighted by Crippen LogP contribution is -2.13. The fourth-order valence-electron chi connectivity index (χ4n) is 4.41. The van der Waals surface area contributed by atoms with Crippen molar-refractivity contribution in [1.29, 1.82) is 0 Å². The van der Waals surface area contributed by atoms with Crippen LogP contribution in [0.4, 0.5) is 0 Å². The van der Waals surface area contributed by atoms with E-state index in [2.05, 4.69) is 72.2 Å². The standard InChI is InChI=1S/C26H35BrS/c1-3-4-5-6-7-21-9-13-23(14-10-21)24-15-11-22(12-16-24)19-28-26-17-8-20(2)18-25(26)27/h8,11-12,15-18,21,23H,3-7,9-10,13-14,19H2,1-2H3. The van der Waals surface area contributed by atoms with Crippen LogP contribution < -0.4 is 0 Å². The van der Waals surface area contributed by atoms with E-state index in [1.807, 2.05) is 11.8 Å². The summed E-state index contributed by atoms with van der Waals surface area (Å²) in [6.45, 7) is 4.44. The Kier molecular flexibility index (Phi) is 8.99. The van der Waals surface area contributed by atoms with Gasteiger partial charge in [-0.05, 0) is 89.2 Å². The third-order valence-electron chi connectivity index (χ3n) is 6.25. The molecular weight excluding hydrogens is 424 g/mol. The first-order valence-electron chi connectivity index (χ1n) is 11.1. The lowest BCUT2D eigenvalue weighted by atomic mass is 9.77. The molecule has 1 fully saturated rings. The summed E-state index contributed by atoms with van der Waals surface area (Å²) in [5.74, 6) is 2.82. The minimum atomic E-state index is 0.792. The monoisotopic (exact) mass is 458 g/mol. The van der Waals surface area contributed by atoms with Gasteiger partial charge in [0.15, 0.2) is 0 Å². The lowest BCUT2D eigenvalue weighted by Gasteiger charge is -2.29. The zero-order chi connectivity index (χ0) is 19.8. The molecule has 3 rings (SSSR count). The summed E-state index contributed by atoms with van der Waals surface area (Å²) >= 11 is 5.61. The molecule has 0 heterocycles. The SMILES string of the molecule is CCCCCCC1CCC(c2ccc(CSc3ccc(C)cc3Br)cc2)CC1. The van der Waals surface area contributed by atoms with Gasteiger partial charge in [-0.3, -0.25) is 0 Å². The smallest absolute Gasteiger partial charge is 0.0313 e. The quantitative estimate of drug-likeness (QED) is 0.266. The van der Waals surface area contributed by atoms with Gasteiger partial charge in [-0.15, -0.1) is 11.8 Å². The van der Waals surface area contributed by atoms with Gasteiger partial charge in [0.2, 0.25) is 0 Å². The van der Waals surface area contributed by atoms with Crippen LogP contribution in [-0.2, 0) is 5.75 Å². The van der Waals surface area contributed by atoms with Crippen molar-refractivity contribution >= 4 is 27.7 Å². The molecular formula is C26H35BrS. The van der Waals surface area contributed by atoms with Crippen molar-refractivity contribution in [3.8, 4) is 0 Å². The Hall–Kier alpha value is -0.730. The van der Waals surface area contributed by atoms with Crippen molar-refractivity contribution in [2.45, 2.75) is 88.2 Å². The van der Waals surface area contributed by atoms with E-state index in [1.165, 1.54) is 78.3 Å². The van der Waals surface area contributed by atoms with Gasteiger partial charge in [-0.1, -0.05) is 69.4 Å². The molecule has 0 nitrogen and oxygen atoms in total. The van der Waals surface area contributed by atoms with Crippen molar-refractivity contribution in [1.82, 2.24) is 0 Å². The topological polar surface area (TPSA) is 0 Å². The molecule has 2 aromatic rings. The van der Waals surface area contributed by atoms with Gasteiger partial charge < -0.3 is 0 Å². The van der Waals surface area contributed by atoms with Crippen LogP contribution in [0.2, 0.25) is 0 Å². The Morgan fingerprint density at radius 1 is 0.929 bits per heavy atom. The predicted octanol–water partition coefficient (Wildman–Crippen LogP) is 9.29. The molecule has 0 saturated heterocycles. The molecule has 1 aliphatic carbocycles. The van der Waals surface area contributed by atoms with Crippen LogP contribution in [0.3, 0.4) is 0 Å². The Morgan fingerprint density at radius 2 is 1.68 bits per heavy atom. The van der Waals surface area contributed by atoms with Gasteiger partial charge in [0.05, 0.1) is 0 Å². The summed E-state index contributed by atoms with van der Waals surface area (Å²) in [6.07, 6.45) is 12.8. The minimum Gasteiger partial charge on any atom is -0.120 e. The number of unbranched alkanes of at least 4 members (excludes halogenated alkanes) is 3. The second-order valence-corrected chi connectivity index (χ2v) is 10.4. The molecule has 0 amide bonds. The molecule has 0 N–H and O–H groups in total. The molecule has 0 aromatic heterocycles. The maximum Gasteiger partial charge on any atom is 0.0313 e. The molecule has 0 bridgehead atoms. The third-order valence-corrected chi connectivity index (χ3v) is 8.31. The van der Waals surface area contributed by atoms with Gasteiger partial charge >= 0.3 is 0 Å². The van der Waals surface area contributed by atoms with E-state index in [0.29, 0.717) is 0 Å². The number of halogens is 1. The molecule has 2 aromatic carbocycles. The molecule has 1 aliphatic rings. The van der Waals surface area contributed by atoms with Gasteiger partial charge in [0.25, 0.3) is 0 Å². The van der Waals surface area contributed by atoms with Crippen LogP contribution in [0.25, 0.3) is 0 Å². The zero-order valence-electron chi connectivity index (χ0n) is 17.6. The lowest BCUT2D eigenvalue weighted by molar-refractivity contribution is 0.302. The Bertz CT molecular complexity index is 714. The number of hydrogen-bond donors (Lipinski definition) is 0. The molecule has 28 heavy (non-hydrogen) atoms. The fraction of sp³-hybridized carbons (Fsp3) is 0.538. The maximum atomic E-state index is 3.69. The highest BCUT2D eigenvalue weighted by Crippen LogP contribution is 2.38. The number of rotatable bonds is 9. The van der Waals surface area contributed by atoms with Crippen molar-refractivity contribution in [2.75, 3.05) is 0 Å². The summed E-state index contributed by atoms with van der Waals surface area (Å²) in [6, 6.07) is 16.1. The normalized spacial score (nSPS) is 19.7. The van der Waals surface area contributed by atoms with Crippen LogP contribution in [0, 0.1) is 12.8 Å². The van der Waals surface area contributed by atoms with E-state index in [1.54, 1.807) is 5.56 Å². The number of hydrogen-bond acceptors (Lipinski definition) is 1. The Labute approximate surface area is 185 Å². The van der Waals surface area contributed by atoms with Crippen LogP contribution in [0.5, 0.6) is 0 Å². The van der Waals surface area contributed by atoms with Crippen LogP contribution >= 0.6 is 27.7 Å². The molecule has 0 atom stereocenters. The third kappa shape index (κ3) is 6.66. The zero-order valence-corrected chi connectivity index (χ0v) is 20.0. The van der Waals surface area contributed by atoms with Gasteiger partial charge in [-0.2, -0.15) is 0 Å². The van der Waals surface area contributed by atoms with Crippen LogP contribution in [-0.4, -0.2) is 0 Å². The minimum absolute atomic E-state index is 0.792.